The molecule has 0 atom stereocenters. The summed E-state index contributed by atoms with van der Waals surface area (Å²) >= 11 is 11.3. The topological polar surface area (TPSA) is 68.5 Å². The highest BCUT2D eigenvalue weighted by Crippen LogP contribution is 2.30. The zero-order valence-corrected chi connectivity index (χ0v) is 14.6. The van der Waals surface area contributed by atoms with Crippen LogP contribution in [0, 0.1) is 0 Å². The average molecular weight is 370 g/mol. The van der Waals surface area contributed by atoms with Gasteiger partial charge in [0, 0.05) is 24.6 Å². The SMILES string of the molecule is COc1cccc(-c2noc(C3CCN(C(=O)C(Cl)Cl)CC3)n2)c1. The number of methoxy groups -OCH3 is 1. The molecule has 0 spiro atoms. The number of piperidine rings is 1. The van der Waals surface area contributed by atoms with E-state index < -0.39 is 4.84 Å². The molecule has 1 aromatic heterocycles. The fourth-order valence-electron chi connectivity index (χ4n) is 2.77. The first kappa shape index (κ1) is 17.0. The van der Waals surface area contributed by atoms with Crippen molar-refractivity contribution in [3.63, 3.8) is 0 Å². The highest BCUT2D eigenvalue weighted by atomic mass is 35.5. The molecule has 8 heteroatoms. The molecule has 1 aliphatic rings. The Morgan fingerprint density at radius 1 is 1.38 bits per heavy atom. The van der Waals surface area contributed by atoms with Gasteiger partial charge in [-0.15, -0.1) is 0 Å². The van der Waals surface area contributed by atoms with Crippen molar-refractivity contribution in [2.75, 3.05) is 20.2 Å². The normalized spacial score (nSPS) is 15.8. The minimum Gasteiger partial charge on any atom is -0.497 e. The van der Waals surface area contributed by atoms with Crippen LogP contribution in [0.3, 0.4) is 0 Å². The Morgan fingerprint density at radius 2 is 2.12 bits per heavy atom. The fraction of sp³-hybridized carbons (Fsp3) is 0.438. The van der Waals surface area contributed by atoms with Gasteiger partial charge < -0.3 is 14.2 Å². The molecule has 2 aromatic rings. The number of aromatic nitrogens is 2. The molecule has 0 aliphatic carbocycles. The van der Waals surface area contributed by atoms with Crippen molar-refractivity contribution in [1.82, 2.24) is 15.0 Å². The van der Waals surface area contributed by atoms with E-state index in [-0.39, 0.29) is 11.8 Å². The van der Waals surface area contributed by atoms with Crippen LogP contribution in [0.15, 0.2) is 28.8 Å². The summed E-state index contributed by atoms with van der Waals surface area (Å²) in [6.45, 7) is 1.16. The van der Waals surface area contributed by atoms with Gasteiger partial charge in [-0.2, -0.15) is 4.98 Å². The van der Waals surface area contributed by atoms with E-state index in [4.69, 9.17) is 32.5 Å². The van der Waals surface area contributed by atoms with Crippen LogP contribution >= 0.6 is 23.2 Å². The van der Waals surface area contributed by atoms with E-state index in [1.807, 2.05) is 24.3 Å². The van der Waals surface area contributed by atoms with Crippen LogP contribution in [0.25, 0.3) is 11.4 Å². The van der Waals surface area contributed by atoms with Gasteiger partial charge in [0.2, 0.25) is 11.7 Å². The van der Waals surface area contributed by atoms with Crippen molar-refractivity contribution in [2.24, 2.45) is 0 Å². The van der Waals surface area contributed by atoms with Gasteiger partial charge in [-0.05, 0) is 25.0 Å². The van der Waals surface area contributed by atoms with Crippen molar-refractivity contribution in [3.8, 4) is 17.1 Å². The number of nitrogens with zero attached hydrogens (tertiary/aromatic N) is 3. The number of likely N-dealkylation sites (tertiary alicyclic amines) is 1. The maximum absolute atomic E-state index is 11.8. The van der Waals surface area contributed by atoms with Gasteiger partial charge in [0.15, 0.2) is 4.84 Å². The van der Waals surface area contributed by atoms with Crippen LogP contribution in [0.2, 0.25) is 0 Å². The van der Waals surface area contributed by atoms with E-state index in [1.54, 1.807) is 12.0 Å². The summed E-state index contributed by atoms with van der Waals surface area (Å²) in [5, 5.41) is 4.05. The van der Waals surface area contributed by atoms with Gasteiger partial charge in [0.25, 0.3) is 5.91 Å². The van der Waals surface area contributed by atoms with Crippen LogP contribution in [0.5, 0.6) is 5.75 Å². The molecular formula is C16H17Cl2N3O3. The molecule has 1 saturated heterocycles. The Kier molecular flexibility index (Phi) is 5.26. The molecule has 1 amide bonds. The van der Waals surface area contributed by atoms with Gasteiger partial charge in [-0.1, -0.05) is 40.5 Å². The van der Waals surface area contributed by atoms with Gasteiger partial charge in [0.1, 0.15) is 5.75 Å². The third kappa shape index (κ3) is 3.65. The average Bonchev–Trinajstić information content (AvgIpc) is 3.11. The number of benzene rings is 1. The summed E-state index contributed by atoms with van der Waals surface area (Å²) in [6, 6.07) is 7.50. The lowest BCUT2D eigenvalue weighted by Crippen LogP contribution is -2.40. The van der Waals surface area contributed by atoms with E-state index in [2.05, 4.69) is 10.1 Å². The number of alkyl halides is 2. The van der Waals surface area contributed by atoms with Crippen molar-refractivity contribution in [2.45, 2.75) is 23.6 Å². The molecule has 3 rings (SSSR count). The molecule has 128 valence electrons. The second-order valence-corrected chi connectivity index (χ2v) is 6.68. The van der Waals surface area contributed by atoms with Crippen molar-refractivity contribution >= 4 is 29.1 Å². The van der Waals surface area contributed by atoms with Crippen LogP contribution in [0.4, 0.5) is 0 Å². The van der Waals surface area contributed by atoms with Gasteiger partial charge in [-0.3, -0.25) is 4.79 Å². The number of amides is 1. The highest BCUT2D eigenvalue weighted by Gasteiger charge is 2.29. The number of halogens is 2. The summed E-state index contributed by atoms with van der Waals surface area (Å²) < 4.78 is 10.6. The van der Waals surface area contributed by atoms with E-state index in [1.165, 1.54) is 0 Å². The minimum absolute atomic E-state index is 0.130. The Bertz CT molecular complexity index is 712. The van der Waals surface area contributed by atoms with Gasteiger partial charge in [-0.25, -0.2) is 0 Å². The standard InChI is InChI=1S/C16H17Cl2N3O3/c1-23-12-4-2-3-11(9-12)14-19-15(24-20-14)10-5-7-21(8-6-10)16(22)13(17)18/h2-4,9-10,13H,5-8H2,1H3. The zero-order chi connectivity index (χ0) is 17.1. The Morgan fingerprint density at radius 3 is 2.79 bits per heavy atom. The molecule has 1 aliphatic heterocycles. The van der Waals surface area contributed by atoms with Gasteiger partial charge in [0.05, 0.1) is 7.11 Å². The summed E-state index contributed by atoms with van der Waals surface area (Å²) in [6.07, 6.45) is 1.48. The first-order chi connectivity index (χ1) is 11.6. The molecule has 1 fully saturated rings. The monoisotopic (exact) mass is 369 g/mol. The second-order valence-electron chi connectivity index (χ2n) is 5.59. The molecular weight excluding hydrogens is 353 g/mol. The molecule has 0 radical (unpaired) electrons. The lowest BCUT2D eigenvalue weighted by molar-refractivity contribution is -0.130. The Labute approximate surface area is 149 Å². The predicted molar refractivity (Wildman–Crippen MR) is 90.3 cm³/mol. The number of ether oxygens (including phenoxy) is 1. The summed E-state index contributed by atoms with van der Waals surface area (Å²) in [7, 11) is 1.61. The highest BCUT2D eigenvalue weighted by molar-refractivity contribution is 6.53. The summed E-state index contributed by atoms with van der Waals surface area (Å²) in [4.78, 5) is 16.9. The maximum Gasteiger partial charge on any atom is 0.255 e. The lowest BCUT2D eigenvalue weighted by Gasteiger charge is -2.30. The smallest absolute Gasteiger partial charge is 0.255 e. The minimum atomic E-state index is -1.01. The largest absolute Gasteiger partial charge is 0.497 e. The summed E-state index contributed by atoms with van der Waals surface area (Å²) in [5.41, 5.74) is 0.837. The Balaban J connectivity index is 1.67. The van der Waals surface area contributed by atoms with E-state index in [9.17, 15) is 4.79 Å². The van der Waals surface area contributed by atoms with E-state index >= 15 is 0 Å². The number of carbonyl (C=O) groups excluding carboxylic acids is 1. The van der Waals surface area contributed by atoms with Crippen LogP contribution < -0.4 is 4.74 Å². The quantitative estimate of drug-likeness (QED) is 0.773. The third-order valence-corrected chi connectivity index (χ3v) is 4.49. The van der Waals surface area contributed by atoms with Crippen LogP contribution in [0.1, 0.15) is 24.7 Å². The Hall–Kier alpha value is -1.79. The molecule has 0 saturated carbocycles. The van der Waals surface area contributed by atoms with Crippen LogP contribution in [-0.2, 0) is 4.79 Å². The first-order valence-corrected chi connectivity index (χ1v) is 8.50. The molecule has 1 aromatic carbocycles. The summed E-state index contributed by atoms with van der Waals surface area (Å²) in [5.74, 6) is 1.74. The molecule has 24 heavy (non-hydrogen) atoms. The molecule has 6 nitrogen and oxygen atoms in total. The molecule has 2 heterocycles. The second kappa shape index (κ2) is 7.40. The zero-order valence-electron chi connectivity index (χ0n) is 13.1. The fourth-order valence-corrected chi connectivity index (χ4v) is 3.04. The number of hydrogen-bond acceptors (Lipinski definition) is 5. The molecule has 0 N–H and O–H groups in total. The number of carbonyl (C=O) groups is 1. The van der Waals surface area contributed by atoms with Crippen molar-refractivity contribution < 1.29 is 14.1 Å². The molecule has 0 bridgehead atoms. The van der Waals surface area contributed by atoms with Gasteiger partial charge >= 0.3 is 0 Å². The third-order valence-electron chi connectivity index (χ3n) is 4.11. The van der Waals surface area contributed by atoms with Crippen molar-refractivity contribution in [3.05, 3.63) is 30.2 Å². The van der Waals surface area contributed by atoms with Crippen molar-refractivity contribution in [1.29, 1.82) is 0 Å². The first-order valence-electron chi connectivity index (χ1n) is 7.63. The number of rotatable bonds is 4. The lowest BCUT2D eigenvalue weighted by atomic mass is 9.97. The number of hydrogen-bond donors (Lipinski definition) is 0. The van der Waals surface area contributed by atoms with Crippen LogP contribution in [-0.4, -0.2) is 46.0 Å². The molecule has 0 unspecified atom stereocenters. The predicted octanol–water partition coefficient (Wildman–Crippen LogP) is 3.25. The van der Waals surface area contributed by atoms with E-state index in [0.717, 1.165) is 24.2 Å². The maximum atomic E-state index is 11.8. The van der Waals surface area contributed by atoms with E-state index in [0.29, 0.717) is 24.8 Å².